The smallest absolute Gasteiger partial charge is 0.323 e. The maximum absolute atomic E-state index is 13.2. The van der Waals surface area contributed by atoms with Gasteiger partial charge in [0.15, 0.2) is 11.3 Å². The maximum atomic E-state index is 13.2. The Morgan fingerprint density at radius 2 is 2.16 bits per heavy atom. The van der Waals surface area contributed by atoms with Crippen LogP contribution in [0, 0.1) is 30.1 Å². The van der Waals surface area contributed by atoms with E-state index < -0.39 is 0 Å². The highest BCUT2D eigenvalue weighted by Crippen LogP contribution is 2.61. The molecule has 3 saturated carbocycles. The van der Waals surface area contributed by atoms with Crippen molar-refractivity contribution in [1.82, 2.24) is 33.7 Å². The predicted molar refractivity (Wildman–Crippen MR) is 113 cm³/mol. The van der Waals surface area contributed by atoms with Gasteiger partial charge in [0.2, 0.25) is 5.95 Å². The van der Waals surface area contributed by atoms with Crippen molar-refractivity contribution in [3.05, 3.63) is 40.8 Å². The Bertz CT molecular complexity index is 1450. The fraction of sp³-hybridized carbons (Fsp3) is 0.429. The van der Waals surface area contributed by atoms with Gasteiger partial charge in [0.05, 0.1) is 29.7 Å². The molecule has 0 aliphatic heterocycles. The number of nitrogens with one attached hydrogen (secondary N) is 1. The number of nitriles is 1. The molecule has 3 fully saturated rings. The van der Waals surface area contributed by atoms with Crippen LogP contribution in [0.5, 0.6) is 0 Å². The lowest BCUT2D eigenvalue weighted by molar-refractivity contribution is 0.146. The normalized spacial score (nSPS) is 24.4. The average molecular weight is 415 g/mol. The van der Waals surface area contributed by atoms with E-state index in [1.807, 2.05) is 23.8 Å². The highest BCUT2D eigenvalue weighted by Gasteiger charge is 2.58. The van der Waals surface area contributed by atoms with Gasteiger partial charge in [-0.1, -0.05) is 0 Å². The fourth-order valence-corrected chi connectivity index (χ4v) is 5.51. The average Bonchev–Trinajstić information content (AvgIpc) is 3.45. The van der Waals surface area contributed by atoms with Crippen LogP contribution in [0.2, 0.25) is 0 Å². The van der Waals surface area contributed by atoms with Gasteiger partial charge in [-0.3, -0.25) is 9.13 Å². The monoisotopic (exact) mass is 415 g/mol. The summed E-state index contributed by atoms with van der Waals surface area (Å²) in [6, 6.07) is 4.24. The molecule has 1 N–H and O–H groups in total. The summed E-state index contributed by atoms with van der Waals surface area (Å²) < 4.78 is 5.16. The summed E-state index contributed by atoms with van der Waals surface area (Å²) in [6.07, 6.45) is 8.34. The Hall–Kier alpha value is -3.74. The summed E-state index contributed by atoms with van der Waals surface area (Å²) in [6.45, 7) is 1.98. The van der Waals surface area contributed by atoms with Crippen LogP contribution in [0.25, 0.3) is 16.8 Å². The van der Waals surface area contributed by atoms with Crippen LogP contribution in [0.4, 0.5) is 11.6 Å². The summed E-state index contributed by atoms with van der Waals surface area (Å²) in [5.41, 5.74) is 3.62. The first-order valence-electron chi connectivity index (χ1n) is 10.4. The number of rotatable bonds is 4. The molecule has 1 atom stereocenters. The minimum Gasteiger partial charge on any atom is -0.323 e. The van der Waals surface area contributed by atoms with E-state index in [1.165, 1.54) is 6.33 Å². The van der Waals surface area contributed by atoms with E-state index in [9.17, 15) is 4.79 Å². The number of nitrogens with zero attached hydrogens (tertiary/aromatic N) is 8. The van der Waals surface area contributed by atoms with Crippen LogP contribution < -0.4 is 11.0 Å². The minimum absolute atomic E-state index is 0.0716. The first kappa shape index (κ1) is 18.1. The van der Waals surface area contributed by atoms with Crippen molar-refractivity contribution >= 4 is 28.4 Å². The van der Waals surface area contributed by atoms with Gasteiger partial charge >= 0.3 is 5.69 Å². The molecule has 4 heterocycles. The second-order valence-corrected chi connectivity index (χ2v) is 8.86. The molecule has 4 aromatic heterocycles. The van der Waals surface area contributed by atoms with Crippen molar-refractivity contribution in [2.24, 2.45) is 18.9 Å². The highest BCUT2D eigenvalue weighted by molar-refractivity contribution is 5.73. The number of aromatic nitrogens is 7. The van der Waals surface area contributed by atoms with E-state index >= 15 is 0 Å². The van der Waals surface area contributed by atoms with Gasteiger partial charge in [0, 0.05) is 13.5 Å². The first-order valence-corrected chi connectivity index (χ1v) is 10.4. The van der Waals surface area contributed by atoms with Gasteiger partial charge in [-0.25, -0.2) is 19.3 Å². The Labute approximate surface area is 177 Å². The number of anilines is 2. The van der Waals surface area contributed by atoms with Crippen molar-refractivity contribution < 1.29 is 0 Å². The molecule has 31 heavy (non-hydrogen) atoms. The van der Waals surface area contributed by atoms with E-state index in [1.54, 1.807) is 22.3 Å². The third kappa shape index (κ3) is 2.46. The van der Waals surface area contributed by atoms with Crippen LogP contribution in [0.3, 0.4) is 0 Å². The molecule has 10 heteroatoms. The predicted octanol–water partition coefficient (Wildman–Crippen LogP) is 2.26. The molecule has 0 radical (unpaired) electrons. The summed E-state index contributed by atoms with van der Waals surface area (Å²) in [5.74, 6) is 1.32. The van der Waals surface area contributed by atoms with Crippen LogP contribution >= 0.6 is 0 Å². The minimum atomic E-state index is -0.232. The highest BCUT2D eigenvalue weighted by atomic mass is 16.2. The molecule has 156 valence electrons. The number of hydrogen-bond donors (Lipinski definition) is 1. The molecule has 7 rings (SSSR count). The summed E-state index contributed by atoms with van der Waals surface area (Å²) in [7, 11) is 1.76. The SMILES string of the molecule is Cc1cc2ncnn2cc1Nc1ncc2c(n1)n(C13CC(C1)[C@@H](CC#N)C3)c(=O)n2C. The number of hydrogen-bond acceptors (Lipinski definition) is 7. The van der Waals surface area contributed by atoms with Gasteiger partial charge in [0.25, 0.3) is 0 Å². The molecule has 4 aromatic rings. The topological polar surface area (TPSA) is 119 Å². The zero-order chi connectivity index (χ0) is 21.3. The Morgan fingerprint density at radius 1 is 1.32 bits per heavy atom. The van der Waals surface area contributed by atoms with Crippen molar-refractivity contribution in [1.29, 1.82) is 5.26 Å². The van der Waals surface area contributed by atoms with Gasteiger partial charge in [-0.15, -0.1) is 0 Å². The van der Waals surface area contributed by atoms with Crippen LogP contribution in [0.1, 0.15) is 31.2 Å². The van der Waals surface area contributed by atoms with E-state index in [-0.39, 0.29) is 11.2 Å². The van der Waals surface area contributed by atoms with Crippen molar-refractivity contribution in [2.75, 3.05) is 5.32 Å². The zero-order valence-electron chi connectivity index (χ0n) is 17.3. The molecule has 0 aromatic carbocycles. The van der Waals surface area contributed by atoms with E-state index in [4.69, 9.17) is 10.2 Å². The molecular formula is C21H21N9O. The van der Waals surface area contributed by atoms with E-state index in [0.717, 1.165) is 36.2 Å². The Kier molecular flexibility index (Phi) is 3.57. The summed E-state index contributed by atoms with van der Waals surface area (Å²) in [4.78, 5) is 26.6. The molecular weight excluding hydrogens is 394 g/mol. The van der Waals surface area contributed by atoms with Crippen LogP contribution in [-0.4, -0.2) is 33.7 Å². The standard InChI is InChI=1S/C21H21N9O/c1-12-5-17-24-11-25-29(17)10-15(12)26-19-23-9-16-18(27-19)30(20(31)28(16)2)21-6-13(3-4-22)14(7-21)8-21/h5,9-11,13-14H,3,6-8H2,1-2H3,(H,23,26,27)/t13-,14?,21?/m0/s1. The van der Waals surface area contributed by atoms with Gasteiger partial charge in [-0.2, -0.15) is 15.3 Å². The molecule has 0 unspecified atom stereocenters. The molecule has 0 saturated heterocycles. The second kappa shape index (κ2) is 6.14. The van der Waals surface area contributed by atoms with E-state index in [0.29, 0.717) is 35.4 Å². The lowest BCUT2D eigenvalue weighted by Gasteiger charge is -2.39. The van der Waals surface area contributed by atoms with Crippen LogP contribution in [-0.2, 0) is 12.6 Å². The molecule has 3 aliphatic rings. The maximum Gasteiger partial charge on any atom is 0.330 e. The molecule has 0 spiro atoms. The van der Waals surface area contributed by atoms with Crippen molar-refractivity contribution in [3.63, 3.8) is 0 Å². The van der Waals surface area contributed by atoms with Crippen molar-refractivity contribution in [2.45, 2.75) is 38.1 Å². The lowest BCUT2D eigenvalue weighted by atomic mass is 9.75. The van der Waals surface area contributed by atoms with Gasteiger partial charge < -0.3 is 5.32 Å². The van der Waals surface area contributed by atoms with Gasteiger partial charge in [-0.05, 0) is 49.7 Å². The summed E-state index contributed by atoms with van der Waals surface area (Å²) in [5, 5.41) is 16.6. The molecule has 0 amide bonds. The third-order valence-corrected chi connectivity index (χ3v) is 7.09. The second-order valence-electron chi connectivity index (χ2n) is 8.86. The van der Waals surface area contributed by atoms with Crippen molar-refractivity contribution in [3.8, 4) is 6.07 Å². The van der Waals surface area contributed by atoms with Crippen LogP contribution in [0.15, 0.2) is 29.6 Å². The lowest BCUT2D eigenvalue weighted by Crippen LogP contribution is -2.45. The third-order valence-electron chi connectivity index (χ3n) is 7.09. The molecule has 10 nitrogen and oxygen atoms in total. The largest absolute Gasteiger partial charge is 0.330 e. The number of aryl methyl sites for hydroxylation is 2. The fourth-order valence-electron chi connectivity index (χ4n) is 5.51. The quantitative estimate of drug-likeness (QED) is 0.543. The Balaban J connectivity index is 1.43. The molecule has 3 aliphatic carbocycles. The summed E-state index contributed by atoms with van der Waals surface area (Å²) >= 11 is 0. The number of fused-ring (bicyclic) bond motifs is 3. The Morgan fingerprint density at radius 3 is 2.97 bits per heavy atom. The number of imidazole rings is 1. The first-order chi connectivity index (χ1) is 15.0. The molecule has 2 bridgehead atoms. The van der Waals surface area contributed by atoms with Gasteiger partial charge in [0.1, 0.15) is 11.8 Å². The number of pyridine rings is 1. The zero-order valence-corrected chi connectivity index (χ0v) is 17.3. The van der Waals surface area contributed by atoms with E-state index in [2.05, 4.69) is 26.5 Å².